The number of hydrogen-bond donors (Lipinski definition) is 1. The van der Waals surface area contributed by atoms with Crippen molar-refractivity contribution in [2.45, 2.75) is 43.8 Å². The van der Waals surface area contributed by atoms with Gasteiger partial charge in [0, 0.05) is 11.4 Å². The van der Waals surface area contributed by atoms with E-state index < -0.39 is 29.4 Å². The zero-order valence-electron chi connectivity index (χ0n) is 18.5. The second kappa shape index (κ2) is 10.0. The van der Waals surface area contributed by atoms with Crippen molar-refractivity contribution in [3.63, 3.8) is 0 Å². The molecule has 1 saturated carbocycles. The highest BCUT2D eigenvalue weighted by molar-refractivity contribution is 7.10. The molecule has 1 aromatic carbocycles. The van der Waals surface area contributed by atoms with E-state index in [2.05, 4.69) is 0 Å². The number of thiophene rings is 1. The number of carbonyl (C=O) groups is 2. The maximum absolute atomic E-state index is 13.8. The number of nitrogens with zero attached hydrogens (tertiary/aromatic N) is 1. The van der Waals surface area contributed by atoms with Gasteiger partial charge in [-0.15, -0.1) is 11.3 Å². The molecule has 0 radical (unpaired) electrons. The van der Waals surface area contributed by atoms with E-state index in [1.54, 1.807) is 35.7 Å². The van der Waals surface area contributed by atoms with Crippen LogP contribution in [0.2, 0.25) is 0 Å². The summed E-state index contributed by atoms with van der Waals surface area (Å²) < 4.78 is 51.8. The molecule has 6 nitrogen and oxygen atoms in total. The summed E-state index contributed by atoms with van der Waals surface area (Å²) in [7, 11) is 2.93. The van der Waals surface area contributed by atoms with Crippen molar-refractivity contribution in [3.8, 4) is 11.5 Å². The number of rotatable bonds is 9. The van der Waals surface area contributed by atoms with Crippen LogP contribution < -0.4 is 15.2 Å². The van der Waals surface area contributed by atoms with Gasteiger partial charge in [-0.2, -0.15) is 13.2 Å². The minimum absolute atomic E-state index is 0.0648. The number of hydrogen-bond acceptors (Lipinski definition) is 5. The maximum Gasteiger partial charge on any atom is 0.471 e. The first-order valence-electron chi connectivity index (χ1n) is 10.6. The number of halogens is 3. The molecule has 3 rings (SSSR count). The van der Waals surface area contributed by atoms with Gasteiger partial charge in [0.25, 0.3) is 0 Å². The lowest BCUT2D eigenvalue weighted by molar-refractivity contribution is -0.195. The Morgan fingerprint density at radius 3 is 2.30 bits per heavy atom. The van der Waals surface area contributed by atoms with Gasteiger partial charge in [-0.1, -0.05) is 25.0 Å². The molecule has 0 saturated heterocycles. The molecule has 1 fully saturated rings. The minimum atomic E-state index is -5.16. The summed E-state index contributed by atoms with van der Waals surface area (Å²) in [6.07, 6.45) is -2.55. The molecule has 1 aromatic heterocycles. The second-order valence-corrected chi connectivity index (χ2v) is 8.93. The van der Waals surface area contributed by atoms with Gasteiger partial charge in [0.15, 0.2) is 17.0 Å². The van der Waals surface area contributed by atoms with Crippen molar-refractivity contribution >= 4 is 23.2 Å². The fourth-order valence-electron chi connectivity index (χ4n) is 4.72. The Morgan fingerprint density at radius 1 is 1.12 bits per heavy atom. The predicted octanol–water partition coefficient (Wildman–Crippen LogP) is 4.27. The molecule has 180 valence electrons. The highest BCUT2D eigenvalue weighted by Crippen LogP contribution is 2.47. The van der Waals surface area contributed by atoms with Gasteiger partial charge in [-0.25, -0.2) is 0 Å². The molecule has 2 N–H and O–H groups in total. The average molecular weight is 485 g/mol. The molecular formula is C23H27F3N2O4S. The molecule has 33 heavy (non-hydrogen) atoms. The van der Waals surface area contributed by atoms with Crippen LogP contribution in [-0.4, -0.2) is 43.7 Å². The Bertz CT molecular complexity index is 975. The number of nitrogens with two attached hydrogens (primary N) is 1. The SMILES string of the molecule is COc1ccc(CCN(C(=O)C(F)(F)F)C(C(N)=O)(c2cccs2)C2CCCC2)cc1OC. The monoisotopic (exact) mass is 484 g/mol. The molecule has 0 spiro atoms. The Kier molecular flexibility index (Phi) is 7.56. The highest BCUT2D eigenvalue weighted by atomic mass is 32.1. The second-order valence-electron chi connectivity index (χ2n) is 7.98. The molecule has 10 heteroatoms. The van der Waals surface area contributed by atoms with Crippen LogP contribution in [0.5, 0.6) is 11.5 Å². The normalized spacial score (nSPS) is 16.3. The van der Waals surface area contributed by atoms with Gasteiger partial charge in [0.05, 0.1) is 14.2 Å². The van der Waals surface area contributed by atoms with E-state index >= 15 is 0 Å². The molecule has 1 heterocycles. The summed E-state index contributed by atoms with van der Waals surface area (Å²) in [4.78, 5) is 26.8. The molecule has 1 atom stereocenters. The van der Waals surface area contributed by atoms with Crippen LogP contribution in [0.4, 0.5) is 13.2 Å². The van der Waals surface area contributed by atoms with Crippen molar-refractivity contribution < 1.29 is 32.2 Å². The first kappa shape index (κ1) is 24.9. The number of carbonyl (C=O) groups excluding carboxylic acids is 2. The van der Waals surface area contributed by atoms with E-state index in [4.69, 9.17) is 15.2 Å². The van der Waals surface area contributed by atoms with Gasteiger partial charge in [0.1, 0.15) is 0 Å². The summed E-state index contributed by atoms with van der Waals surface area (Å²) in [6, 6.07) is 8.20. The quantitative estimate of drug-likeness (QED) is 0.576. The van der Waals surface area contributed by atoms with E-state index in [9.17, 15) is 22.8 Å². The predicted molar refractivity (Wildman–Crippen MR) is 118 cm³/mol. The lowest BCUT2D eigenvalue weighted by atomic mass is 9.78. The molecular weight excluding hydrogens is 457 g/mol. The maximum atomic E-state index is 13.8. The van der Waals surface area contributed by atoms with E-state index in [0.717, 1.165) is 24.2 Å². The van der Waals surface area contributed by atoms with Crippen molar-refractivity contribution in [1.82, 2.24) is 4.90 Å². The van der Waals surface area contributed by atoms with Gasteiger partial charge in [0.2, 0.25) is 5.91 Å². The molecule has 2 amide bonds. The Labute approximate surface area is 194 Å². The van der Waals surface area contributed by atoms with E-state index in [0.29, 0.717) is 39.7 Å². The standard InChI is InChI=1S/C23H27F3N2O4S/c1-31-17-10-9-15(14-18(17)32-2)11-12-28(21(30)23(24,25)26)22(20(27)29,16-6-3-4-7-16)19-8-5-13-33-19/h5,8-10,13-14,16H,3-4,6-7,11-12H2,1-2H3,(H2,27,29). The third kappa shape index (κ3) is 4.80. The van der Waals surface area contributed by atoms with Crippen LogP contribution in [0, 0.1) is 5.92 Å². The Balaban J connectivity index is 2.08. The molecule has 1 unspecified atom stereocenters. The molecule has 1 aliphatic carbocycles. The first-order chi connectivity index (χ1) is 15.7. The zero-order chi connectivity index (χ0) is 24.2. The first-order valence-corrected chi connectivity index (χ1v) is 11.5. The van der Waals surface area contributed by atoms with Gasteiger partial charge in [-0.05, 0) is 54.3 Å². The van der Waals surface area contributed by atoms with E-state index in [1.165, 1.54) is 14.2 Å². The topological polar surface area (TPSA) is 81.9 Å². The van der Waals surface area contributed by atoms with Gasteiger partial charge >= 0.3 is 12.1 Å². The third-order valence-electron chi connectivity index (χ3n) is 6.20. The van der Waals surface area contributed by atoms with Crippen LogP contribution in [0.15, 0.2) is 35.7 Å². The fraction of sp³-hybridized carbons (Fsp3) is 0.478. The van der Waals surface area contributed by atoms with E-state index in [1.807, 2.05) is 0 Å². The van der Waals surface area contributed by atoms with Crippen molar-refractivity contribution in [1.29, 1.82) is 0 Å². The van der Waals surface area contributed by atoms with Crippen LogP contribution >= 0.6 is 11.3 Å². The van der Waals surface area contributed by atoms with Crippen molar-refractivity contribution in [2.24, 2.45) is 11.7 Å². The number of amides is 2. The smallest absolute Gasteiger partial charge is 0.471 e. The fourth-order valence-corrected chi connectivity index (χ4v) is 5.74. The number of primary amides is 1. The zero-order valence-corrected chi connectivity index (χ0v) is 19.3. The summed E-state index contributed by atoms with van der Waals surface area (Å²) in [6.45, 7) is -0.342. The number of ether oxygens (including phenoxy) is 2. The van der Waals surface area contributed by atoms with Gasteiger partial charge < -0.3 is 20.1 Å². The van der Waals surface area contributed by atoms with Crippen molar-refractivity contribution in [3.05, 3.63) is 46.2 Å². The largest absolute Gasteiger partial charge is 0.493 e. The van der Waals surface area contributed by atoms with Crippen LogP contribution in [0.1, 0.15) is 36.1 Å². The lowest BCUT2D eigenvalue weighted by Gasteiger charge is -2.45. The van der Waals surface area contributed by atoms with Crippen LogP contribution in [0.25, 0.3) is 0 Å². The molecule has 1 aliphatic rings. The number of methoxy groups -OCH3 is 2. The lowest BCUT2D eigenvalue weighted by Crippen LogP contribution is -2.63. The molecule has 2 aromatic rings. The van der Waals surface area contributed by atoms with Gasteiger partial charge in [-0.3, -0.25) is 9.59 Å². The van der Waals surface area contributed by atoms with E-state index in [-0.39, 0.29) is 13.0 Å². The van der Waals surface area contributed by atoms with Crippen molar-refractivity contribution in [2.75, 3.05) is 20.8 Å². The van der Waals surface area contributed by atoms with Crippen LogP contribution in [0.3, 0.4) is 0 Å². The molecule has 0 aliphatic heterocycles. The highest BCUT2D eigenvalue weighted by Gasteiger charge is 2.58. The summed E-state index contributed by atoms with van der Waals surface area (Å²) >= 11 is 1.14. The summed E-state index contributed by atoms with van der Waals surface area (Å²) in [5, 5.41) is 1.67. The number of benzene rings is 1. The summed E-state index contributed by atoms with van der Waals surface area (Å²) in [5.41, 5.74) is 4.61. The third-order valence-corrected chi connectivity index (χ3v) is 7.20. The minimum Gasteiger partial charge on any atom is -0.493 e. The Morgan fingerprint density at radius 2 is 1.79 bits per heavy atom. The number of alkyl halides is 3. The average Bonchev–Trinajstić information content (AvgIpc) is 3.50. The van der Waals surface area contributed by atoms with Crippen LogP contribution in [-0.2, 0) is 21.5 Å². The molecule has 0 bridgehead atoms. The summed E-state index contributed by atoms with van der Waals surface area (Å²) in [5.74, 6) is -2.62. The Hall–Kier alpha value is -2.75.